The van der Waals surface area contributed by atoms with Gasteiger partial charge in [-0.1, -0.05) is 0 Å². The van der Waals surface area contributed by atoms with Crippen LogP contribution in [0.15, 0.2) is 18.2 Å². The summed E-state index contributed by atoms with van der Waals surface area (Å²) in [6, 6.07) is 6.01. The van der Waals surface area contributed by atoms with Crippen molar-refractivity contribution >= 4 is 5.91 Å². The molecule has 0 aromatic heterocycles. The number of carbonyl (C=O) groups excluding carboxylic acids is 1. The molecule has 0 radical (unpaired) electrons. The van der Waals surface area contributed by atoms with E-state index in [-0.39, 0.29) is 16.9 Å². The minimum absolute atomic E-state index is 0.00666. The fourth-order valence-electron chi connectivity index (χ4n) is 4.46. The second kappa shape index (κ2) is 6.56. The molecule has 1 aliphatic carbocycles. The molecule has 1 aromatic rings. The zero-order chi connectivity index (χ0) is 18.4. The predicted molar refractivity (Wildman–Crippen MR) is 104 cm³/mol. The molecule has 3 aliphatic rings. The number of amides is 1. The molecule has 1 N–H and O–H groups in total. The van der Waals surface area contributed by atoms with E-state index in [1.165, 1.54) is 50.9 Å². The maximum absolute atomic E-state index is 12.6. The van der Waals surface area contributed by atoms with E-state index in [4.69, 9.17) is 4.74 Å². The number of ether oxygens (including phenoxy) is 1. The lowest BCUT2D eigenvalue weighted by Gasteiger charge is -2.45. The van der Waals surface area contributed by atoms with Crippen LogP contribution in [0.25, 0.3) is 0 Å². The van der Waals surface area contributed by atoms with Crippen molar-refractivity contribution in [1.82, 2.24) is 10.2 Å². The van der Waals surface area contributed by atoms with Crippen LogP contribution in [-0.2, 0) is 5.41 Å². The lowest BCUT2D eigenvalue weighted by Crippen LogP contribution is -2.46. The summed E-state index contributed by atoms with van der Waals surface area (Å²) < 4.78 is 5.94. The predicted octanol–water partition coefficient (Wildman–Crippen LogP) is 3.74. The molecule has 4 heteroatoms. The summed E-state index contributed by atoms with van der Waals surface area (Å²) in [5.41, 5.74) is 1.97. The van der Waals surface area contributed by atoms with Gasteiger partial charge in [-0.2, -0.15) is 0 Å². The summed E-state index contributed by atoms with van der Waals surface area (Å²) in [6.07, 6.45) is 6.28. The summed E-state index contributed by atoms with van der Waals surface area (Å²) in [4.78, 5) is 15.3. The first kappa shape index (κ1) is 17.8. The molecule has 1 saturated carbocycles. The van der Waals surface area contributed by atoms with Crippen LogP contribution >= 0.6 is 0 Å². The zero-order valence-corrected chi connectivity index (χ0v) is 16.4. The van der Waals surface area contributed by atoms with Crippen molar-refractivity contribution in [1.29, 1.82) is 0 Å². The minimum atomic E-state index is -0.227. The number of likely N-dealkylation sites (tertiary alicyclic amines) is 1. The number of hydrogen-bond donors (Lipinski definition) is 1. The molecule has 1 saturated heterocycles. The normalized spacial score (nSPS) is 22.6. The zero-order valence-electron chi connectivity index (χ0n) is 16.4. The number of benzene rings is 1. The molecule has 1 spiro atoms. The fourth-order valence-corrected chi connectivity index (χ4v) is 4.46. The maximum atomic E-state index is 12.6. The van der Waals surface area contributed by atoms with Crippen molar-refractivity contribution in [2.75, 3.05) is 26.2 Å². The Bertz CT molecular complexity index is 680. The largest absolute Gasteiger partial charge is 0.493 e. The van der Waals surface area contributed by atoms with Crippen molar-refractivity contribution in [3.8, 4) is 5.75 Å². The fraction of sp³-hybridized carbons (Fsp3) is 0.682. The van der Waals surface area contributed by atoms with Gasteiger partial charge in [-0.15, -0.1) is 0 Å². The van der Waals surface area contributed by atoms with Crippen molar-refractivity contribution in [2.45, 2.75) is 63.8 Å². The van der Waals surface area contributed by atoms with Crippen LogP contribution in [-0.4, -0.2) is 42.6 Å². The smallest absolute Gasteiger partial charge is 0.251 e. The van der Waals surface area contributed by atoms with Crippen LogP contribution in [0, 0.1) is 5.92 Å². The summed E-state index contributed by atoms with van der Waals surface area (Å²) >= 11 is 0. The molecule has 1 aromatic carbocycles. The number of piperidine rings is 1. The van der Waals surface area contributed by atoms with E-state index in [9.17, 15) is 4.79 Å². The van der Waals surface area contributed by atoms with E-state index < -0.39 is 0 Å². The molecular weight excluding hydrogens is 324 g/mol. The molecule has 2 fully saturated rings. The Morgan fingerprint density at radius 1 is 1.23 bits per heavy atom. The first-order chi connectivity index (χ1) is 12.3. The SMILES string of the molecule is CC(C)(C)NC(=O)c1ccc2c(c1)C1(CCO2)CCN(CC2CC2)CC1. The van der Waals surface area contributed by atoms with Gasteiger partial charge in [0, 0.05) is 28.6 Å². The van der Waals surface area contributed by atoms with Gasteiger partial charge in [-0.3, -0.25) is 4.79 Å². The summed E-state index contributed by atoms with van der Waals surface area (Å²) in [5, 5.41) is 3.08. The monoisotopic (exact) mass is 356 g/mol. The highest BCUT2D eigenvalue weighted by molar-refractivity contribution is 5.95. The molecule has 4 rings (SSSR count). The average Bonchev–Trinajstić information content (AvgIpc) is 3.40. The minimum Gasteiger partial charge on any atom is -0.493 e. The lowest BCUT2D eigenvalue weighted by molar-refractivity contribution is 0.0917. The molecule has 0 bridgehead atoms. The Morgan fingerprint density at radius 3 is 2.62 bits per heavy atom. The Labute approximate surface area is 157 Å². The standard InChI is InChI=1S/C22H32N2O2/c1-21(2,3)23-20(25)17-6-7-19-18(14-17)22(10-13-26-19)8-11-24(12-9-22)15-16-4-5-16/h6-7,14,16H,4-5,8-13,15H2,1-3H3,(H,23,25). The first-order valence-electron chi connectivity index (χ1n) is 10.2. The second-order valence-electron chi connectivity index (χ2n) is 9.54. The van der Waals surface area contributed by atoms with Gasteiger partial charge in [0.05, 0.1) is 6.61 Å². The van der Waals surface area contributed by atoms with Crippen LogP contribution in [0.4, 0.5) is 0 Å². The summed E-state index contributed by atoms with van der Waals surface area (Å²) in [7, 11) is 0. The van der Waals surface area contributed by atoms with E-state index in [2.05, 4.69) is 16.3 Å². The Morgan fingerprint density at radius 2 is 1.96 bits per heavy atom. The Hall–Kier alpha value is -1.55. The summed E-state index contributed by atoms with van der Waals surface area (Å²) in [5.74, 6) is 1.95. The van der Waals surface area contributed by atoms with Gasteiger partial charge in [0.25, 0.3) is 5.91 Å². The van der Waals surface area contributed by atoms with Gasteiger partial charge in [-0.25, -0.2) is 0 Å². The third-order valence-electron chi connectivity index (χ3n) is 6.17. The molecule has 4 nitrogen and oxygen atoms in total. The Balaban J connectivity index is 1.54. The number of fused-ring (bicyclic) bond motifs is 2. The highest BCUT2D eigenvalue weighted by Gasteiger charge is 2.41. The summed E-state index contributed by atoms with van der Waals surface area (Å²) in [6.45, 7) is 10.5. The van der Waals surface area contributed by atoms with Crippen LogP contribution in [0.5, 0.6) is 5.75 Å². The molecule has 142 valence electrons. The van der Waals surface area contributed by atoms with Gasteiger partial charge >= 0.3 is 0 Å². The molecule has 0 atom stereocenters. The topological polar surface area (TPSA) is 41.6 Å². The van der Waals surface area contributed by atoms with Gasteiger partial charge in [0.15, 0.2) is 0 Å². The van der Waals surface area contributed by atoms with Gasteiger partial charge in [0.1, 0.15) is 5.75 Å². The van der Waals surface area contributed by atoms with E-state index in [0.717, 1.165) is 30.3 Å². The number of hydrogen-bond acceptors (Lipinski definition) is 3. The third-order valence-corrected chi connectivity index (χ3v) is 6.17. The van der Waals surface area contributed by atoms with Crippen molar-refractivity contribution in [3.05, 3.63) is 29.3 Å². The maximum Gasteiger partial charge on any atom is 0.251 e. The molecule has 1 amide bonds. The highest BCUT2D eigenvalue weighted by Crippen LogP contribution is 2.46. The van der Waals surface area contributed by atoms with Gasteiger partial charge < -0.3 is 15.0 Å². The number of nitrogens with zero attached hydrogens (tertiary/aromatic N) is 1. The van der Waals surface area contributed by atoms with Gasteiger partial charge in [0.2, 0.25) is 0 Å². The van der Waals surface area contributed by atoms with Crippen molar-refractivity contribution in [2.24, 2.45) is 5.92 Å². The lowest BCUT2D eigenvalue weighted by atomic mass is 9.69. The number of nitrogens with one attached hydrogen (secondary N) is 1. The second-order valence-corrected chi connectivity index (χ2v) is 9.54. The third kappa shape index (κ3) is 3.75. The van der Waals surface area contributed by atoms with Crippen LogP contribution in [0.1, 0.15) is 68.8 Å². The van der Waals surface area contributed by atoms with Crippen molar-refractivity contribution in [3.63, 3.8) is 0 Å². The average molecular weight is 357 g/mol. The molecule has 2 heterocycles. The quantitative estimate of drug-likeness (QED) is 0.897. The highest BCUT2D eigenvalue weighted by atomic mass is 16.5. The van der Waals surface area contributed by atoms with Gasteiger partial charge in [-0.05, 0) is 90.1 Å². The number of carbonyl (C=O) groups is 1. The molecule has 0 unspecified atom stereocenters. The van der Waals surface area contributed by atoms with Crippen molar-refractivity contribution < 1.29 is 9.53 Å². The molecule has 26 heavy (non-hydrogen) atoms. The van der Waals surface area contributed by atoms with E-state index in [0.29, 0.717) is 0 Å². The van der Waals surface area contributed by atoms with Crippen LogP contribution in [0.3, 0.4) is 0 Å². The number of rotatable bonds is 3. The van der Waals surface area contributed by atoms with E-state index >= 15 is 0 Å². The Kier molecular flexibility index (Phi) is 4.50. The van der Waals surface area contributed by atoms with Crippen LogP contribution < -0.4 is 10.1 Å². The first-order valence-corrected chi connectivity index (χ1v) is 10.2. The molecular formula is C22H32N2O2. The van der Waals surface area contributed by atoms with E-state index in [1.54, 1.807) is 0 Å². The molecule has 2 aliphatic heterocycles. The van der Waals surface area contributed by atoms with Crippen LogP contribution in [0.2, 0.25) is 0 Å². The van der Waals surface area contributed by atoms with E-state index in [1.807, 2.05) is 32.9 Å².